The summed E-state index contributed by atoms with van der Waals surface area (Å²) in [6, 6.07) is 46.7. The Balaban J connectivity index is 1.53. The van der Waals surface area contributed by atoms with Crippen LogP contribution >= 0.6 is 0 Å². The molecule has 0 saturated carbocycles. The largest absolute Gasteiger partial charge is 0.309 e. The summed E-state index contributed by atoms with van der Waals surface area (Å²) in [5.74, 6) is 0. The van der Waals surface area contributed by atoms with Crippen LogP contribution in [-0.4, -0.2) is 9.55 Å². The zero-order valence-corrected chi connectivity index (χ0v) is 21.1. The highest BCUT2D eigenvalue weighted by atomic mass is 15.0. The first-order chi connectivity index (χ1) is 19.3. The molecule has 0 bridgehead atoms. The first-order valence-corrected chi connectivity index (χ1v) is 12.9. The van der Waals surface area contributed by atoms with E-state index >= 15 is 0 Å². The molecule has 182 valence electrons. The zero-order chi connectivity index (χ0) is 26.2. The van der Waals surface area contributed by atoms with E-state index in [1.807, 2.05) is 36.4 Å². The van der Waals surface area contributed by atoms with Gasteiger partial charge in [-0.05, 0) is 88.0 Å². The molecule has 0 atom stereocenters. The smallest absolute Gasteiger partial charge is 0.0992 e. The van der Waals surface area contributed by atoms with E-state index in [1.54, 1.807) is 12.4 Å². The number of hydrogen-bond donors (Lipinski definition) is 0. The van der Waals surface area contributed by atoms with Crippen LogP contribution in [0.3, 0.4) is 0 Å². The Labute approximate surface area is 226 Å². The molecular formula is C36H23N3. The van der Waals surface area contributed by atoms with Crippen LogP contribution in [0.2, 0.25) is 0 Å². The number of fused-ring (bicyclic) bond motifs is 3. The SMILES string of the molecule is N#Cc1cc(-c2ccncc2)cc(-n2c3ccc(-c4ccccc4)cc3c3cc(-c4ccccc4)ccc32)c1. The van der Waals surface area contributed by atoms with Crippen molar-refractivity contribution < 1.29 is 0 Å². The Hall–Kier alpha value is -5.46. The summed E-state index contributed by atoms with van der Waals surface area (Å²) >= 11 is 0. The van der Waals surface area contributed by atoms with Gasteiger partial charge in [0.05, 0.1) is 22.7 Å². The molecule has 0 aliphatic heterocycles. The third kappa shape index (κ3) is 4.05. The Morgan fingerprint density at radius 1 is 0.487 bits per heavy atom. The minimum absolute atomic E-state index is 0.621. The van der Waals surface area contributed by atoms with Crippen LogP contribution in [0.1, 0.15) is 5.56 Å². The molecule has 0 aliphatic rings. The molecule has 7 rings (SSSR count). The van der Waals surface area contributed by atoms with E-state index in [9.17, 15) is 5.26 Å². The standard InChI is InChI=1S/C36H23N3/c37-24-25-19-31(28-15-17-38-18-16-28)21-32(20-25)39-35-13-11-29(26-7-3-1-4-8-26)22-33(35)34-23-30(12-14-36(34)39)27-9-5-2-6-10-27/h1-23H. The van der Waals surface area contributed by atoms with Gasteiger partial charge in [-0.2, -0.15) is 5.26 Å². The van der Waals surface area contributed by atoms with Crippen LogP contribution in [0.5, 0.6) is 0 Å². The zero-order valence-electron chi connectivity index (χ0n) is 21.1. The molecule has 0 spiro atoms. The van der Waals surface area contributed by atoms with Crippen molar-refractivity contribution in [2.75, 3.05) is 0 Å². The van der Waals surface area contributed by atoms with Crippen molar-refractivity contribution in [3.8, 4) is 45.1 Å². The maximum Gasteiger partial charge on any atom is 0.0992 e. The van der Waals surface area contributed by atoms with Crippen LogP contribution in [0, 0.1) is 11.3 Å². The van der Waals surface area contributed by atoms with E-state index in [0.717, 1.165) is 27.8 Å². The van der Waals surface area contributed by atoms with Gasteiger partial charge >= 0.3 is 0 Å². The summed E-state index contributed by atoms with van der Waals surface area (Å²) in [6.45, 7) is 0. The van der Waals surface area contributed by atoms with Crippen molar-refractivity contribution in [1.29, 1.82) is 5.26 Å². The Morgan fingerprint density at radius 3 is 1.56 bits per heavy atom. The molecule has 0 N–H and O–H groups in total. The van der Waals surface area contributed by atoms with Crippen molar-refractivity contribution in [3.05, 3.63) is 145 Å². The molecule has 0 aliphatic carbocycles. The van der Waals surface area contributed by atoms with Crippen LogP contribution < -0.4 is 0 Å². The number of nitrogens with zero attached hydrogens (tertiary/aromatic N) is 3. The minimum Gasteiger partial charge on any atom is -0.309 e. The molecule has 0 saturated heterocycles. The molecule has 0 fully saturated rings. The highest BCUT2D eigenvalue weighted by Gasteiger charge is 2.16. The Kier molecular flexibility index (Phi) is 5.50. The van der Waals surface area contributed by atoms with Gasteiger partial charge in [-0.25, -0.2) is 0 Å². The predicted octanol–water partition coefficient (Wildman–Crippen LogP) is 9.05. The summed E-state index contributed by atoms with van der Waals surface area (Å²) in [5, 5.41) is 12.3. The van der Waals surface area contributed by atoms with Crippen molar-refractivity contribution in [1.82, 2.24) is 9.55 Å². The summed E-state index contributed by atoms with van der Waals surface area (Å²) in [6.07, 6.45) is 3.56. The molecule has 0 amide bonds. The number of rotatable bonds is 4. The lowest BCUT2D eigenvalue weighted by molar-refractivity contribution is 1.18. The van der Waals surface area contributed by atoms with Crippen molar-refractivity contribution >= 4 is 21.8 Å². The maximum absolute atomic E-state index is 9.91. The van der Waals surface area contributed by atoms with Crippen molar-refractivity contribution in [3.63, 3.8) is 0 Å². The van der Waals surface area contributed by atoms with Gasteiger partial charge in [0.1, 0.15) is 0 Å². The highest BCUT2D eigenvalue weighted by Crippen LogP contribution is 2.38. The van der Waals surface area contributed by atoms with E-state index in [2.05, 4.69) is 107 Å². The molecule has 5 aromatic carbocycles. The number of nitriles is 1. The van der Waals surface area contributed by atoms with Gasteiger partial charge in [-0.3, -0.25) is 4.98 Å². The second kappa shape index (κ2) is 9.45. The first kappa shape index (κ1) is 22.7. The quantitative estimate of drug-likeness (QED) is 0.243. The predicted molar refractivity (Wildman–Crippen MR) is 160 cm³/mol. The second-order valence-corrected chi connectivity index (χ2v) is 9.65. The molecule has 3 nitrogen and oxygen atoms in total. The van der Waals surface area contributed by atoms with Crippen LogP contribution in [0.4, 0.5) is 0 Å². The lowest BCUT2D eigenvalue weighted by atomic mass is 10.0. The Morgan fingerprint density at radius 2 is 1.03 bits per heavy atom. The lowest BCUT2D eigenvalue weighted by Gasteiger charge is -2.12. The topological polar surface area (TPSA) is 41.6 Å². The fourth-order valence-corrected chi connectivity index (χ4v) is 5.44. The average molecular weight is 498 g/mol. The van der Waals surface area contributed by atoms with Gasteiger partial charge in [-0.1, -0.05) is 72.8 Å². The van der Waals surface area contributed by atoms with Gasteiger partial charge in [0.25, 0.3) is 0 Å². The normalized spacial score (nSPS) is 11.1. The lowest BCUT2D eigenvalue weighted by Crippen LogP contribution is -1.96. The first-order valence-electron chi connectivity index (χ1n) is 12.9. The average Bonchev–Trinajstić information content (AvgIpc) is 3.35. The molecule has 2 aromatic heterocycles. The molecule has 0 radical (unpaired) electrons. The number of benzene rings is 5. The highest BCUT2D eigenvalue weighted by molar-refractivity contribution is 6.11. The van der Waals surface area contributed by atoms with Crippen molar-refractivity contribution in [2.24, 2.45) is 0 Å². The van der Waals surface area contributed by atoms with Gasteiger partial charge in [0, 0.05) is 28.9 Å². The van der Waals surface area contributed by atoms with E-state index in [0.29, 0.717) is 5.56 Å². The number of aromatic nitrogens is 2. The third-order valence-electron chi connectivity index (χ3n) is 7.30. The number of hydrogen-bond acceptors (Lipinski definition) is 2. The van der Waals surface area contributed by atoms with E-state index in [-0.39, 0.29) is 0 Å². The van der Waals surface area contributed by atoms with E-state index < -0.39 is 0 Å². The van der Waals surface area contributed by atoms with Crippen LogP contribution in [0.25, 0.3) is 60.9 Å². The number of pyridine rings is 1. The summed E-state index contributed by atoms with van der Waals surface area (Å²) in [7, 11) is 0. The summed E-state index contributed by atoms with van der Waals surface area (Å²) in [4.78, 5) is 4.16. The fraction of sp³-hybridized carbons (Fsp3) is 0. The molecule has 2 heterocycles. The van der Waals surface area contributed by atoms with Gasteiger partial charge in [0.15, 0.2) is 0 Å². The van der Waals surface area contributed by atoms with Gasteiger partial charge in [0.2, 0.25) is 0 Å². The summed E-state index contributed by atoms with van der Waals surface area (Å²) < 4.78 is 2.28. The van der Waals surface area contributed by atoms with E-state index in [4.69, 9.17) is 0 Å². The third-order valence-corrected chi connectivity index (χ3v) is 7.30. The molecule has 7 aromatic rings. The van der Waals surface area contributed by atoms with Gasteiger partial charge in [-0.15, -0.1) is 0 Å². The summed E-state index contributed by atoms with van der Waals surface area (Å²) in [5.41, 5.74) is 10.5. The molecule has 0 unspecified atom stereocenters. The van der Waals surface area contributed by atoms with E-state index in [1.165, 1.54) is 33.0 Å². The second-order valence-electron chi connectivity index (χ2n) is 9.65. The Bertz CT molecular complexity index is 1900. The minimum atomic E-state index is 0.621. The van der Waals surface area contributed by atoms with Crippen LogP contribution in [-0.2, 0) is 0 Å². The van der Waals surface area contributed by atoms with Crippen molar-refractivity contribution in [2.45, 2.75) is 0 Å². The fourth-order valence-electron chi connectivity index (χ4n) is 5.44. The molecule has 39 heavy (non-hydrogen) atoms. The monoisotopic (exact) mass is 497 g/mol. The molecule has 3 heteroatoms. The maximum atomic E-state index is 9.91. The van der Waals surface area contributed by atoms with Gasteiger partial charge < -0.3 is 4.57 Å². The van der Waals surface area contributed by atoms with Crippen LogP contribution in [0.15, 0.2) is 140 Å². The molecular weight excluding hydrogens is 474 g/mol.